The number of thiophene rings is 1. The Morgan fingerprint density at radius 1 is 1.42 bits per heavy atom. The van der Waals surface area contributed by atoms with Crippen LogP contribution in [0.5, 0.6) is 0 Å². The second-order valence-corrected chi connectivity index (χ2v) is 8.53. The molecule has 2 saturated carbocycles. The zero-order valence-corrected chi connectivity index (χ0v) is 13.5. The number of rotatable bonds is 4. The first kappa shape index (κ1) is 13.6. The van der Waals surface area contributed by atoms with Crippen LogP contribution in [-0.4, -0.2) is 12.1 Å². The quantitative estimate of drug-likeness (QED) is 0.855. The van der Waals surface area contributed by atoms with Crippen LogP contribution in [0.2, 0.25) is 0 Å². The summed E-state index contributed by atoms with van der Waals surface area (Å²) in [4.78, 5) is 0. The first-order chi connectivity index (χ1) is 8.92. The van der Waals surface area contributed by atoms with Gasteiger partial charge in [-0.1, -0.05) is 20.8 Å². The molecule has 19 heavy (non-hydrogen) atoms. The minimum atomic E-state index is 0.468. The Labute approximate surface area is 121 Å². The second kappa shape index (κ2) is 4.60. The number of nitrogens with one attached hydrogen (secondary N) is 1. The van der Waals surface area contributed by atoms with Crippen LogP contribution >= 0.6 is 11.3 Å². The highest BCUT2D eigenvalue weighted by Crippen LogP contribution is 2.62. The molecule has 2 aliphatic carbocycles. The zero-order chi connectivity index (χ0) is 13.7. The molecule has 2 fully saturated rings. The summed E-state index contributed by atoms with van der Waals surface area (Å²) in [5, 5.41) is 8.45. The van der Waals surface area contributed by atoms with Crippen LogP contribution in [0.4, 0.5) is 0 Å². The largest absolute Gasteiger partial charge is 0.310 e. The summed E-state index contributed by atoms with van der Waals surface area (Å²) in [5.41, 5.74) is 2.49. The molecule has 2 bridgehead atoms. The van der Waals surface area contributed by atoms with E-state index in [1.54, 1.807) is 0 Å². The maximum Gasteiger partial charge on any atom is 0.0177 e. The van der Waals surface area contributed by atoms with Gasteiger partial charge in [-0.2, -0.15) is 11.3 Å². The molecule has 0 aliphatic heterocycles. The van der Waals surface area contributed by atoms with Gasteiger partial charge in [-0.05, 0) is 71.7 Å². The molecule has 0 saturated heterocycles. The van der Waals surface area contributed by atoms with Crippen LogP contribution in [0.3, 0.4) is 0 Å². The summed E-state index contributed by atoms with van der Waals surface area (Å²) in [6.45, 7) is 9.83. The van der Waals surface area contributed by atoms with Gasteiger partial charge in [0.25, 0.3) is 0 Å². The Kier molecular flexibility index (Phi) is 3.30. The van der Waals surface area contributed by atoms with Crippen molar-refractivity contribution in [3.63, 3.8) is 0 Å². The van der Waals surface area contributed by atoms with E-state index in [-0.39, 0.29) is 0 Å². The Bertz CT molecular complexity index is 431. The normalized spacial score (nSPS) is 37.7. The summed E-state index contributed by atoms with van der Waals surface area (Å²) in [6, 6.07) is 3.53. The van der Waals surface area contributed by atoms with E-state index in [9.17, 15) is 0 Å². The van der Waals surface area contributed by atoms with Crippen molar-refractivity contribution in [1.29, 1.82) is 0 Å². The molecule has 3 rings (SSSR count). The Balaban J connectivity index is 1.69. The lowest BCUT2D eigenvalue weighted by molar-refractivity contribution is 0.100. The molecule has 0 radical (unpaired) electrons. The third kappa shape index (κ3) is 2.27. The highest BCUT2D eigenvalue weighted by atomic mass is 32.1. The predicted octanol–water partition coefficient (Wildman–Crippen LogP) is 4.48. The Morgan fingerprint density at radius 2 is 2.21 bits per heavy atom. The van der Waals surface area contributed by atoms with E-state index >= 15 is 0 Å². The van der Waals surface area contributed by atoms with Gasteiger partial charge in [0.15, 0.2) is 0 Å². The van der Waals surface area contributed by atoms with Crippen molar-refractivity contribution in [2.24, 2.45) is 16.7 Å². The van der Waals surface area contributed by atoms with Gasteiger partial charge in [0.2, 0.25) is 0 Å². The monoisotopic (exact) mass is 277 g/mol. The second-order valence-electron chi connectivity index (χ2n) is 7.75. The molecule has 1 aromatic rings. The van der Waals surface area contributed by atoms with Crippen molar-refractivity contribution in [3.8, 4) is 0 Å². The molecule has 1 aromatic heterocycles. The van der Waals surface area contributed by atoms with Gasteiger partial charge >= 0.3 is 0 Å². The SMILES string of the molecule is CC(Cc1ccsc1)NC1C(C)(C)[C@H]2CC[C@]1(C)C2. The molecule has 2 heteroatoms. The fraction of sp³-hybridized carbons (Fsp3) is 0.765. The fourth-order valence-electron chi connectivity index (χ4n) is 4.82. The third-order valence-electron chi connectivity index (χ3n) is 5.84. The van der Waals surface area contributed by atoms with Gasteiger partial charge < -0.3 is 5.32 Å². The van der Waals surface area contributed by atoms with E-state index in [1.165, 1.54) is 24.8 Å². The molecule has 0 aromatic carbocycles. The zero-order valence-electron chi connectivity index (χ0n) is 12.7. The average molecular weight is 277 g/mol. The van der Waals surface area contributed by atoms with Crippen molar-refractivity contribution < 1.29 is 0 Å². The van der Waals surface area contributed by atoms with Gasteiger partial charge in [0, 0.05) is 12.1 Å². The lowest BCUT2D eigenvalue weighted by Gasteiger charge is -2.44. The molecule has 2 aliphatic rings. The average Bonchev–Trinajstić information content (AvgIpc) is 2.98. The lowest BCUT2D eigenvalue weighted by atomic mass is 9.68. The summed E-state index contributed by atoms with van der Waals surface area (Å²) >= 11 is 1.81. The Morgan fingerprint density at radius 3 is 2.79 bits per heavy atom. The smallest absolute Gasteiger partial charge is 0.0177 e. The number of hydrogen-bond acceptors (Lipinski definition) is 2. The molecule has 1 N–H and O–H groups in total. The van der Waals surface area contributed by atoms with Crippen molar-refractivity contribution in [2.45, 2.75) is 65.5 Å². The van der Waals surface area contributed by atoms with E-state index in [2.05, 4.69) is 49.8 Å². The predicted molar refractivity (Wildman–Crippen MR) is 83.6 cm³/mol. The first-order valence-electron chi connectivity index (χ1n) is 7.69. The van der Waals surface area contributed by atoms with Crippen LogP contribution in [-0.2, 0) is 6.42 Å². The van der Waals surface area contributed by atoms with Crippen LogP contribution in [0.25, 0.3) is 0 Å². The summed E-state index contributed by atoms with van der Waals surface area (Å²) in [7, 11) is 0. The molecule has 0 spiro atoms. The maximum absolute atomic E-state index is 3.98. The molecule has 2 unspecified atom stereocenters. The van der Waals surface area contributed by atoms with Gasteiger partial charge in [-0.15, -0.1) is 0 Å². The van der Waals surface area contributed by atoms with Gasteiger partial charge in [0.1, 0.15) is 0 Å². The molecular weight excluding hydrogens is 250 g/mol. The third-order valence-corrected chi connectivity index (χ3v) is 6.57. The minimum Gasteiger partial charge on any atom is -0.310 e. The molecule has 4 atom stereocenters. The Hall–Kier alpha value is -0.340. The van der Waals surface area contributed by atoms with Crippen LogP contribution < -0.4 is 5.32 Å². The van der Waals surface area contributed by atoms with Gasteiger partial charge in [-0.3, -0.25) is 0 Å². The van der Waals surface area contributed by atoms with E-state index < -0.39 is 0 Å². The first-order valence-corrected chi connectivity index (χ1v) is 8.63. The van der Waals surface area contributed by atoms with Crippen molar-refractivity contribution in [1.82, 2.24) is 5.32 Å². The van der Waals surface area contributed by atoms with Crippen LogP contribution in [0.15, 0.2) is 16.8 Å². The topological polar surface area (TPSA) is 12.0 Å². The van der Waals surface area contributed by atoms with Crippen LogP contribution in [0.1, 0.15) is 52.5 Å². The standard InChI is InChI=1S/C17H27NS/c1-12(9-13-6-8-19-11-13)18-15-16(2,3)14-5-7-17(15,4)10-14/h6,8,11-12,14-15,18H,5,7,9-10H2,1-4H3/t12?,14-,15?,17+/m0/s1. The molecule has 106 valence electrons. The lowest BCUT2D eigenvalue weighted by Crippen LogP contribution is -2.53. The fourth-order valence-corrected chi connectivity index (χ4v) is 5.51. The molecule has 1 heterocycles. The van der Waals surface area contributed by atoms with Crippen LogP contribution in [0, 0.1) is 16.7 Å². The number of hydrogen-bond donors (Lipinski definition) is 1. The molecular formula is C17H27NS. The van der Waals surface area contributed by atoms with Gasteiger partial charge in [0.05, 0.1) is 0 Å². The highest BCUT2D eigenvalue weighted by Gasteiger charge is 2.59. The van der Waals surface area contributed by atoms with E-state index in [1.807, 2.05) is 11.3 Å². The molecule has 0 amide bonds. The molecule has 1 nitrogen and oxygen atoms in total. The van der Waals surface area contributed by atoms with E-state index in [0.29, 0.717) is 22.9 Å². The van der Waals surface area contributed by atoms with Crippen molar-refractivity contribution in [2.75, 3.05) is 0 Å². The van der Waals surface area contributed by atoms with Crippen molar-refractivity contribution >= 4 is 11.3 Å². The number of fused-ring (bicyclic) bond motifs is 2. The van der Waals surface area contributed by atoms with E-state index in [4.69, 9.17) is 0 Å². The summed E-state index contributed by atoms with van der Waals surface area (Å²) in [5.74, 6) is 0.934. The summed E-state index contributed by atoms with van der Waals surface area (Å²) in [6.07, 6.45) is 5.46. The minimum absolute atomic E-state index is 0.468. The van der Waals surface area contributed by atoms with Crippen molar-refractivity contribution in [3.05, 3.63) is 22.4 Å². The van der Waals surface area contributed by atoms with Gasteiger partial charge in [-0.25, -0.2) is 0 Å². The van der Waals surface area contributed by atoms with E-state index in [0.717, 1.165) is 12.3 Å². The maximum atomic E-state index is 3.98. The highest BCUT2D eigenvalue weighted by molar-refractivity contribution is 7.07. The summed E-state index contributed by atoms with van der Waals surface area (Å²) < 4.78 is 0.